The topological polar surface area (TPSA) is 12.0 Å². The predicted octanol–water partition coefficient (Wildman–Crippen LogP) is 6.26. The van der Waals surface area contributed by atoms with Gasteiger partial charge in [-0.15, -0.1) is 0 Å². The molecular formula is C20H13N3. The highest BCUT2D eigenvalue weighted by atomic mass is 15.2. The number of hydrogen-bond acceptors (Lipinski definition) is 1. The number of anilines is 3. The summed E-state index contributed by atoms with van der Waals surface area (Å²) in [6.07, 6.45) is 0. The molecular weight excluding hydrogens is 282 g/mol. The normalized spacial score (nSPS) is 9.65. The Morgan fingerprint density at radius 3 is 1.48 bits per heavy atom. The van der Waals surface area contributed by atoms with Crippen LogP contribution < -0.4 is 4.90 Å². The van der Waals surface area contributed by atoms with Crippen molar-refractivity contribution in [1.29, 1.82) is 0 Å². The van der Waals surface area contributed by atoms with Gasteiger partial charge in [0.15, 0.2) is 0 Å². The van der Waals surface area contributed by atoms with Crippen molar-refractivity contribution in [2.45, 2.75) is 0 Å². The van der Waals surface area contributed by atoms with Gasteiger partial charge in [0, 0.05) is 5.69 Å². The average molecular weight is 295 g/mol. The van der Waals surface area contributed by atoms with E-state index in [2.05, 4.69) is 9.69 Å². The summed E-state index contributed by atoms with van der Waals surface area (Å²) in [6, 6.07) is 24.7. The highest BCUT2D eigenvalue weighted by Gasteiger charge is 2.17. The molecule has 0 fully saturated rings. The van der Waals surface area contributed by atoms with Gasteiger partial charge < -0.3 is 4.90 Å². The van der Waals surface area contributed by atoms with E-state index in [0.717, 1.165) is 17.1 Å². The van der Waals surface area contributed by atoms with Gasteiger partial charge in [-0.25, -0.2) is 9.69 Å². The summed E-state index contributed by atoms with van der Waals surface area (Å²) in [5.74, 6) is 0. The molecule has 0 aromatic heterocycles. The first-order valence-corrected chi connectivity index (χ1v) is 7.13. The summed E-state index contributed by atoms with van der Waals surface area (Å²) < 4.78 is 0. The molecule has 0 aliphatic rings. The zero-order valence-corrected chi connectivity index (χ0v) is 12.3. The Labute approximate surface area is 135 Å². The summed E-state index contributed by atoms with van der Waals surface area (Å²) in [5, 5.41) is 0. The van der Waals surface area contributed by atoms with Crippen LogP contribution in [0.3, 0.4) is 0 Å². The van der Waals surface area contributed by atoms with Gasteiger partial charge in [0.2, 0.25) is 11.4 Å². The molecule has 0 spiro atoms. The maximum atomic E-state index is 7.44. The van der Waals surface area contributed by atoms with Gasteiger partial charge in [-0.2, -0.15) is 0 Å². The van der Waals surface area contributed by atoms with Crippen LogP contribution in [-0.2, 0) is 0 Å². The van der Waals surface area contributed by atoms with Gasteiger partial charge in [-0.05, 0) is 24.3 Å². The Morgan fingerprint density at radius 2 is 1.00 bits per heavy atom. The summed E-state index contributed by atoms with van der Waals surface area (Å²) in [5.41, 5.74) is 3.56. The lowest BCUT2D eigenvalue weighted by atomic mass is 10.1. The second-order valence-electron chi connectivity index (χ2n) is 4.87. The molecule has 23 heavy (non-hydrogen) atoms. The SMILES string of the molecule is [C-]#[N+]c1ccccc1N(c1ccccc1)c1ccccc1[N+]#[C-]. The van der Waals surface area contributed by atoms with Crippen LogP contribution in [0.4, 0.5) is 28.4 Å². The fourth-order valence-corrected chi connectivity index (χ4v) is 2.48. The van der Waals surface area contributed by atoms with Crippen LogP contribution in [0, 0.1) is 13.1 Å². The summed E-state index contributed by atoms with van der Waals surface area (Å²) in [4.78, 5) is 9.22. The van der Waals surface area contributed by atoms with E-state index in [-0.39, 0.29) is 0 Å². The highest BCUT2D eigenvalue weighted by Crippen LogP contribution is 2.43. The smallest absolute Gasteiger partial charge is 0.210 e. The van der Waals surface area contributed by atoms with Crippen molar-refractivity contribution in [1.82, 2.24) is 0 Å². The molecule has 0 N–H and O–H groups in total. The average Bonchev–Trinajstić information content (AvgIpc) is 2.64. The van der Waals surface area contributed by atoms with Gasteiger partial charge in [-0.1, -0.05) is 54.6 Å². The lowest BCUT2D eigenvalue weighted by molar-refractivity contribution is 1.29. The van der Waals surface area contributed by atoms with Crippen LogP contribution in [0.2, 0.25) is 0 Å². The van der Waals surface area contributed by atoms with E-state index in [9.17, 15) is 0 Å². The van der Waals surface area contributed by atoms with E-state index in [0.29, 0.717) is 11.4 Å². The monoisotopic (exact) mass is 295 g/mol. The van der Waals surface area contributed by atoms with Gasteiger partial charge in [0.1, 0.15) is 0 Å². The predicted molar refractivity (Wildman–Crippen MR) is 93.6 cm³/mol. The Balaban J connectivity index is 2.28. The van der Waals surface area contributed by atoms with Crippen molar-refractivity contribution in [2.75, 3.05) is 4.90 Å². The molecule has 3 aromatic carbocycles. The van der Waals surface area contributed by atoms with Gasteiger partial charge >= 0.3 is 0 Å². The van der Waals surface area contributed by atoms with Gasteiger partial charge in [0.05, 0.1) is 24.5 Å². The molecule has 0 radical (unpaired) electrons. The van der Waals surface area contributed by atoms with E-state index in [1.807, 2.05) is 71.6 Å². The number of hydrogen-bond donors (Lipinski definition) is 0. The van der Waals surface area contributed by atoms with Crippen molar-refractivity contribution in [3.63, 3.8) is 0 Å². The molecule has 3 nitrogen and oxygen atoms in total. The highest BCUT2D eigenvalue weighted by molar-refractivity contribution is 5.89. The Morgan fingerprint density at radius 1 is 0.565 bits per heavy atom. The van der Waals surface area contributed by atoms with Crippen LogP contribution in [0.1, 0.15) is 0 Å². The third kappa shape index (κ3) is 2.77. The van der Waals surface area contributed by atoms with E-state index in [1.54, 1.807) is 12.1 Å². The maximum absolute atomic E-state index is 7.44. The Hall–Kier alpha value is -3.56. The van der Waals surface area contributed by atoms with E-state index < -0.39 is 0 Å². The Bertz CT molecular complexity index is 844. The van der Waals surface area contributed by atoms with Crippen LogP contribution >= 0.6 is 0 Å². The fourth-order valence-electron chi connectivity index (χ4n) is 2.48. The molecule has 0 aliphatic carbocycles. The molecule has 0 atom stereocenters. The number of benzene rings is 3. The zero-order valence-electron chi connectivity index (χ0n) is 12.3. The standard InChI is InChI=1S/C20H13N3/c1-21-17-12-6-8-14-19(17)23(16-10-4-3-5-11-16)20-15-9-7-13-18(20)22-2/h3-15H. The fraction of sp³-hybridized carbons (Fsp3) is 0. The lowest BCUT2D eigenvalue weighted by Crippen LogP contribution is -2.09. The number of para-hydroxylation sites is 5. The maximum Gasteiger partial charge on any atom is 0.210 e. The summed E-state index contributed by atoms with van der Waals surface area (Å²) in [7, 11) is 0. The zero-order chi connectivity index (χ0) is 16.1. The van der Waals surface area contributed by atoms with Crippen molar-refractivity contribution < 1.29 is 0 Å². The summed E-state index contributed by atoms with van der Waals surface area (Å²) >= 11 is 0. The van der Waals surface area contributed by atoms with Crippen LogP contribution in [-0.4, -0.2) is 0 Å². The third-order valence-electron chi connectivity index (χ3n) is 3.50. The van der Waals surface area contributed by atoms with Crippen molar-refractivity contribution in [3.8, 4) is 0 Å². The van der Waals surface area contributed by atoms with Crippen molar-refractivity contribution >= 4 is 28.4 Å². The quantitative estimate of drug-likeness (QED) is 0.519. The minimum absolute atomic E-state index is 0.552. The van der Waals surface area contributed by atoms with Gasteiger partial charge in [0.25, 0.3) is 0 Å². The van der Waals surface area contributed by atoms with E-state index in [1.165, 1.54) is 0 Å². The van der Waals surface area contributed by atoms with Crippen molar-refractivity contribution in [2.24, 2.45) is 0 Å². The molecule has 0 saturated heterocycles. The van der Waals surface area contributed by atoms with Crippen LogP contribution in [0.25, 0.3) is 9.69 Å². The van der Waals surface area contributed by atoms with Crippen molar-refractivity contribution in [3.05, 3.63) is 102 Å². The molecule has 0 bridgehead atoms. The molecule has 3 aromatic rings. The second kappa shape index (κ2) is 6.47. The van der Waals surface area contributed by atoms with Gasteiger partial charge in [-0.3, -0.25) is 0 Å². The van der Waals surface area contributed by atoms with E-state index >= 15 is 0 Å². The molecule has 108 valence electrons. The lowest BCUT2D eigenvalue weighted by Gasteiger charge is -2.27. The van der Waals surface area contributed by atoms with Crippen LogP contribution in [0.5, 0.6) is 0 Å². The molecule has 0 amide bonds. The molecule has 0 heterocycles. The second-order valence-corrected chi connectivity index (χ2v) is 4.87. The minimum atomic E-state index is 0.552. The largest absolute Gasteiger partial charge is 0.330 e. The van der Waals surface area contributed by atoms with Crippen LogP contribution in [0.15, 0.2) is 78.9 Å². The summed E-state index contributed by atoms with van der Waals surface area (Å²) in [6.45, 7) is 14.9. The molecule has 0 unspecified atom stereocenters. The first kappa shape index (κ1) is 14.4. The molecule has 3 heteroatoms. The first-order valence-electron chi connectivity index (χ1n) is 7.13. The minimum Gasteiger partial charge on any atom is -0.330 e. The Kier molecular flexibility index (Phi) is 4.05. The molecule has 3 rings (SSSR count). The molecule has 0 aliphatic heterocycles. The molecule has 0 saturated carbocycles. The number of nitrogens with zero attached hydrogens (tertiary/aromatic N) is 3. The number of rotatable bonds is 3. The first-order chi connectivity index (χ1) is 11.3. The van der Waals surface area contributed by atoms with E-state index in [4.69, 9.17) is 13.1 Å². The third-order valence-corrected chi connectivity index (χ3v) is 3.50.